The van der Waals surface area contributed by atoms with Crippen LogP contribution in [0.5, 0.6) is 0 Å². The first-order valence-electron chi connectivity index (χ1n) is 6.83. The Kier molecular flexibility index (Phi) is 1.85. The van der Waals surface area contributed by atoms with Crippen LogP contribution < -0.4 is 0 Å². The topological polar surface area (TPSA) is 0 Å². The Morgan fingerprint density at radius 3 is 2.67 bits per heavy atom. The Morgan fingerprint density at radius 2 is 1.93 bits per heavy atom. The molecule has 0 heteroatoms. The highest BCUT2D eigenvalue weighted by Gasteiger charge is 2.73. The van der Waals surface area contributed by atoms with Crippen molar-refractivity contribution in [3.63, 3.8) is 0 Å². The van der Waals surface area contributed by atoms with E-state index >= 15 is 0 Å². The largest absolute Gasteiger partial charge is 0.118 e. The van der Waals surface area contributed by atoms with Gasteiger partial charge in [0.05, 0.1) is 19.3 Å². The van der Waals surface area contributed by atoms with Crippen molar-refractivity contribution in [2.24, 2.45) is 28.6 Å². The maximum Gasteiger partial charge on any atom is 0.118 e. The third-order valence-corrected chi connectivity index (χ3v) is 6.65. The molecule has 15 heavy (non-hydrogen) atoms. The number of hydrogen-bond donors (Lipinski definition) is 0. The first-order chi connectivity index (χ1) is 7.00. The van der Waals surface area contributed by atoms with E-state index in [1.165, 1.54) is 32.1 Å². The van der Waals surface area contributed by atoms with Crippen molar-refractivity contribution in [1.29, 1.82) is 0 Å². The van der Waals surface area contributed by atoms with Gasteiger partial charge in [-0.15, -0.1) is 0 Å². The molecule has 3 fully saturated rings. The summed E-state index contributed by atoms with van der Waals surface area (Å²) >= 11 is 0. The molecule has 0 aromatic heterocycles. The van der Waals surface area contributed by atoms with Crippen LogP contribution in [0.3, 0.4) is 0 Å². The van der Waals surface area contributed by atoms with Crippen LogP contribution in [-0.2, 0) is 0 Å². The van der Waals surface area contributed by atoms with Gasteiger partial charge >= 0.3 is 0 Å². The van der Waals surface area contributed by atoms with E-state index in [1.807, 2.05) is 5.92 Å². The molecule has 0 aliphatic heterocycles. The molecule has 3 rings (SSSR count). The lowest BCUT2D eigenvalue weighted by Crippen LogP contribution is -2.45. The fraction of sp³-hybridized carbons (Fsp3) is 0.933. The molecule has 1 spiro atoms. The van der Waals surface area contributed by atoms with E-state index in [9.17, 15) is 0 Å². The van der Waals surface area contributed by atoms with Crippen molar-refractivity contribution < 1.29 is 0 Å². The molecule has 0 amide bonds. The second-order valence-electron chi connectivity index (χ2n) is 7.07. The van der Waals surface area contributed by atoms with Crippen LogP contribution >= 0.6 is 0 Å². The fourth-order valence-corrected chi connectivity index (χ4v) is 5.70. The molecule has 3 aliphatic carbocycles. The van der Waals surface area contributed by atoms with Gasteiger partial charge in [-0.1, -0.05) is 20.8 Å². The van der Waals surface area contributed by atoms with E-state index in [0.29, 0.717) is 10.8 Å². The minimum absolute atomic E-state index is 0.602. The van der Waals surface area contributed by atoms with Gasteiger partial charge in [0.1, 0.15) is 5.41 Å². The van der Waals surface area contributed by atoms with Crippen molar-refractivity contribution in [3.8, 4) is 0 Å². The van der Waals surface area contributed by atoms with Crippen molar-refractivity contribution in [3.05, 3.63) is 5.92 Å². The van der Waals surface area contributed by atoms with Crippen LogP contribution in [0.15, 0.2) is 0 Å². The summed E-state index contributed by atoms with van der Waals surface area (Å²) in [7, 11) is 0. The summed E-state index contributed by atoms with van der Waals surface area (Å²) in [5, 5.41) is 0. The van der Waals surface area contributed by atoms with E-state index in [0.717, 1.165) is 17.8 Å². The van der Waals surface area contributed by atoms with Gasteiger partial charge in [0.2, 0.25) is 0 Å². The summed E-state index contributed by atoms with van der Waals surface area (Å²) < 4.78 is 0. The lowest BCUT2D eigenvalue weighted by Gasteiger charge is -2.45. The number of hydrogen-bond acceptors (Lipinski definition) is 0. The van der Waals surface area contributed by atoms with Crippen LogP contribution in [0.25, 0.3) is 0 Å². The van der Waals surface area contributed by atoms with E-state index in [-0.39, 0.29) is 0 Å². The zero-order chi connectivity index (χ0) is 10.8. The summed E-state index contributed by atoms with van der Waals surface area (Å²) in [4.78, 5) is 0. The molecular weight excluding hydrogens is 180 g/mol. The number of rotatable bonds is 0. The fourth-order valence-electron chi connectivity index (χ4n) is 5.70. The molecule has 3 saturated carbocycles. The third-order valence-electron chi connectivity index (χ3n) is 6.65. The third kappa shape index (κ3) is 0.929. The second-order valence-corrected chi connectivity index (χ2v) is 7.07. The zero-order valence-corrected chi connectivity index (χ0v) is 10.8. The second kappa shape index (κ2) is 2.76. The van der Waals surface area contributed by atoms with Crippen LogP contribution in [0, 0.1) is 34.5 Å². The Labute approximate surface area is 94.8 Å². The summed E-state index contributed by atoms with van der Waals surface area (Å²) in [6.07, 6.45) is 7.42. The molecule has 0 aromatic carbocycles. The van der Waals surface area contributed by atoms with Gasteiger partial charge in [-0.3, -0.25) is 0 Å². The SMILES string of the molecule is C[C+]1CC[C@@H]2C[C@H]3[C@@H](C)CC[C@]13C2(C)C. The molecule has 84 valence electrons. The minimum Gasteiger partial charge on any atom is -0.0621 e. The highest BCUT2D eigenvalue weighted by molar-refractivity contribution is 5.24. The monoisotopic (exact) mass is 205 g/mol. The zero-order valence-electron chi connectivity index (χ0n) is 10.8. The minimum atomic E-state index is 0.602. The first-order valence-corrected chi connectivity index (χ1v) is 6.83. The molecule has 0 unspecified atom stereocenters. The lowest BCUT2D eigenvalue weighted by molar-refractivity contribution is 0.0321. The summed E-state index contributed by atoms with van der Waals surface area (Å²) in [5.74, 6) is 4.90. The molecule has 0 radical (unpaired) electrons. The quantitative estimate of drug-likeness (QED) is 0.512. The maximum atomic E-state index is 2.57. The molecular formula is C15H25+. The number of fused-ring (bicyclic) bond motifs is 1. The smallest absolute Gasteiger partial charge is 0.0621 e. The standard InChI is InChI=1S/C15H25/c1-10-7-8-15-11(2)5-6-12(9-13(10)15)14(15,3)4/h10,12-13H,5-9H2,1-4H3/q+1/t10-,12+,13-,15-/m0/s1. The van der Waals surface area contributed by atoms with Gasteiger partial charge in [0.15, 0.2) is 0 Å². The van der Waals surface area contributed by atoms with Crippen LogP contribution in [0.1, 0.15) is 59.8 Å². The molecule has 0 heterocycles. The van der Waals surface area contributed by atoms with Crippen LogP contribution in [0.2, 0.25) is 0 Å². The molecule has 0 nitrogen and oxygen atoms in total. The first kappa shape index (κ1) is 10.1. The van der Waals surface area contributed by atoms with E-state index in [1.54, 1.807) is 0 Å². The Hall–Kier alpha value is -0.130. The summed E-state index contributed by atoms with van der Waals surface area (Å²) in [5.41, 5.74) is 1.25. The van der Waals surface area contributed by atoms with Gasteiger partial charge in [-0.2, -0.15) is 0 Å². The average Bonchev–Trinajstić information content (AvgIpc) is 2.53. The Bertz CT molecular complexity index is 278. The average molecular weight is 205 g/mol. The van der Waals surface area contributed by atoms with Gasteiger partial charge in [-0.05, 0) is 37.5 Å². The summed E-state index contributed by atoms with van der Waals surface area (Å²) in [6.45, 7) is 10.1. The Morgan fingerprint density at radius 1 is 1.20 bits per heavy atom. The summed E-state index contributed by atoms with van der Waals surface area (Å²) in [6, 6.07) is 0. The van der Waals surface area contributed by atoms with Crippen molar-refractivity contribution in [2.75, 3.05) is 0 Å². The lowest BCUT2D eigenvalue weighted by atomic mass is 9.52. The van der Waals surface area contributed by atoms with Gasteiger partial charge < -0.3 is 0 Å². The highest BCUT2D eigenvalue weighted by atomic mass is 14.7. The Balaban J connectivity index is 2.10. The predicted octanol–water partition coefficient (Wildman–Crippen LogP) is 4.45. The van der Waals surface area contributed by atoms with E-state index in [4.69, 9.17) is 0 Å². The van der Waals surface area contributed by atoms with Crippen LogP contribution in [-0.4, -0.2) is 0 Å². The molecule has 0 N–H and O–H groups in total. The molecule has 2 bridgehead atoms. The predicted molar refractivity (Wildman–Crippen MR) is 64.4 cm³/mol. The van der Waals surface area contributed by atoms with Gasteiger partial charge in [-0.25, -0.2) is 0 Å². The highest BCUT2D eigenvalue weighted by Crippen LogP contribution is 2.74. The maximum absolute atomic E-state index is 2.57. The normalized spacial score (nSPS) is 52.0. The van der Waals surface area contributed by atoms with Crippen molar-refractivity contribution in [1.82, 2.24) is 0 Å². The van der Waals surface area contributed by atoms with Gasteiger partial charge in [0, 0.05) is 11.3 Å². The molecule has 4 atom stereocenters. The van der Waals surface area contributed by atoms with Crippen LogP contribution in [0.4, 0.5) is 0 Å². The van der Waals surface area contributed by atoms with E-state index < -0.39 is 0 Å². The molecule has 3 aliphatic rings. The van der Waals surface area contributed by atoms with E-state index in [2.05, 4.69) is 27.7 Å². The van der Waals surface area contributed by atoms with Gasteiger partial charge in [0.25, 0.3) is 0 Å². The molecule has 0 saturated heterocycles. The molecule has 0 aromatic rings. The van der Waals surface area contributed by atoms with Crippen molar-refractivity contribution in [2.45, 2.75) is 59.8 Å². The van der Waals surface area contributed by atoms with Crippen molar-refractivity contribution >= 4 is 0 Å².